The van der Waals surface area contributed by atoms with Crippen LogP contribution in [0.2, 0.25) is 0 Å². The van der Waals surface area contributed by atoms with Gasteiger partial charge in [0.2, 0.25) is 5.91 Å². The molecular weight excluding hydrogens is 400 g/mol. The third kappa shape index (κ3) is 7.58. The SMILES string of the molecule is CC(C)CCOc1cccc(C(=O)Nc2cccc(NC(=O)CCc3ccccc3)c2)c1. The van der Waals surface area contributed by atoms with E-state index < -0.39 is 0 Å². The standard InChI is InChI=1S/C27H30N2O3/c1-20(2)16-17-32-25-13-6-10-22(18-25)27(31)29-24-12-7-11-23(19-24)28-26(30)15-14-21-8-4-3-5-9-21/h3-13,18-20H,14-17H2,1-2H3,(H,28,30)(H,29,31). The van der Waals surface area contributed by atoms with Crippen LogP contribution in [0.4, 0.5) is 11.4 Å². The fourth-order valence-electron chi connectivity index (χ4n) is 3.14. The Kier molecular flexibility index (Phi) is 8.44. The normalized spacial score (nSPS) is 10.6. The number of nitrogens with one attached hydrogen (secondary N) is 2. The number of ether oxygens (including phenoxy) is 1. The third-order valence-electron chi connectivity index (χ3n) is 4.95. The van der Waals surface area contributed by atoms with Gasteiger partial charge >= 0.3 is 0 Å². The van der Waals surface area contributed by atoms with Crippen molar-refractivity contribution in [3.05, 3.63) is 90.0 Å². The number of anilines is 2. The predicted octanol–water partition coefficient (Wildman–Crippen LogP) is 5.94. The maximum absolute atomic E-state index is 12.7. The Morgan fingerprint density at radius 2 is 1.56 bits per heavy atom. The molecule has 0 aliphatic rings. The summed E-state index contributed by atoms with van der Waals surface area (Å²) in [5.74, 6) is 0.945. The molecule has 2 N–H and O–H groups in total. The summed E-state index contributed by atoms with van der Waals surface area (Å²) in [6.07, 6.45) is 2.03. The van der Waals surface area contributed by atoms with Crippen LogP contribution in [-0.4, -0.2) is 18.4 Å². The van der Waals surface area contributed by atoms with Crippen molar-refractivity contribution in [2.45, 2.75) is 33.1 Å². The molecule has 0 radical (unpaired) electrons. The zero-order valence-electron chi connectivity index (χ0n) is 18.6. The van der Waals surface area contributed by atoms with E-state index in [1.165, 1.54) is 0 Å². The van der Waals surface area contributed by atoms with Crippen LogP contribution in [0, 0.1) is 5.92 Å². The van der Waals surface area contributed by atoms with E-state index in [2.05, 4.69) is 24.5 Å². The lowest BCUT2D eigenvalue weighted by Crippen LogP contribution is -2.14. The van der Waals surface area contributed by atoms with E-state index in [-0.39, 0.29) is 11.8 Å². The number of carbonyl (C=O) groups excluding carboxylic acids is 2. The summed E-state index contributed by atoms with van der Waals surface area (Å²) in [4.78, 5) is 25.0. The molecule has 0 heterocycles. The van der Waals surface area contributed by atoms with Crippen LogP contribution in [0.15, 0.2) is 78.9 Å². The lowest BCUT2D eigenvalue weighted by molar-refractivity contribution is -0.116. The number of hydrogen-bond donors (Lipinski definition) is 2. The zero-order chi connectivity index (χ0) is 22.8. The van der Waals surface area contributed by atoms with Crippen LogP contribution in [-0.2, 0) is 11.2 Å². The van der Waals surface area contributed by atoms with E-state index >= 15 is 0 Å². The molecule has 3 aromatic rings. The van der Waals surface area contributed by atoms with Gasteiger partial charge in [0.05, 0.1) is 6.61 Å². The summed E-state index contributed by atoms with van der Waals surface area (Å²) in [5.41, 5.74) is 2.90. The Balaban J connectivity index is 1.54. The van der Waals surface area contributed by atoms with Gasteiger partial charge in [-0.25, -0.2) is 0 Å². The Bertz CT molecular complexity index is 1030. The molecule has 5 heteroatoms. The minimum atomic E-state index is -0.230. The number of carbonyl (C=O) groups is 2. The molecule has 0 aliphatic heterocycles. The monoisotopic (exact) mass is 430 g/mol. The first kappa shape index (κ1) is 23.1. The molecule has 0 fully saturated rings. The fraction of sp³-hybridized carbons (Fsp3) is 0.259. The van der Waals surface area contributed by atoms with Crippen molar-refractivity contribution in [1.82, 2.24) is 0 Å². The molecule has 0 atom stereocenters. The van der Waals surface area contributed by atoms with Gasteiger partial charge in [-0.2, -0.15) is 0 Å². The largest absolute Gasteiger partial charge is 0.494 e. The Morgan fingerprint density at radius 1 is 0.844 bits per heavy atom. The molecule has 0 bridgehead atoms. The molecule has 0 aromatic heterocycles. The zero-order valence-corrected chi connectivity index (χ0v) is 18.6. The first-order valence-corrected chi connectivity index (χ1v) is 11.0. The first-order chi connectivity index (χ1) is 15.5. The molecule has 3 aromatic carbocycles. The number of amides is 2. The summed E-state index contributed by atoms with van der Waals surface area (Å²) < 4.78 is 5.75. The lowest BCUT2D eigenvalue weighted by Gasteiger charge is -2.11. The van der Waals surface area contributed by atoms with E-state index in [0.717, 1.165) is 12.0 Å². The molecule has 32 heavy (non-hydrogen) atoms. The van der Waals surface area contributed by atoms with Crippen LogP contribution in [0.3, 0.4) is 0 Å². The van der Waals surface area contributed by atoms with Gasteiger partial charge < -0.3 is 15.4 Å². The Morgan fingerprint density at radius 3 is 2.31 bits per heavy atom. The maximum atomic E-state index is 12.7. The molecule has 2 amide bonds. The van der Waals surface area contributed by atoms with Crippen molar-refractivity contribution in [2.24, 2.45) is 5.92 Å². The third-order valence-corrected chi connectivity index (χ3v) is 4.95. The lowest BCUT2D eigenvalue weighted by atomic mass is 10.1. The van der Waals surface area contributed by atoms with Gasteiger partial charge in [-0.05, 0) is 60.7 Å². The molecule has 0 saturated heterocycles. The smallest absolute Gasteiger partial charge is 0.255 e. The minimum Gasteiger partial charge on any atom is -0.494 e. The second kappa shape index (κ2) is 11.7. The van der Waals surface area contributed by atoms with Gasteiger partial charge in [-0.1, -0.05) is 56.3 Å². The van der Waals surface area contributed by atoms with Crippen LogP contribution in [0.5, 0.6) is 5.75 Å². The number of aryl methyl sites for hydroxylation is 1. The summed E-state index contributed by atoms with van der Waals surface area (Å²) in [5, 5.41) is 5.78. The quantitative estimate of drug-likeness (QED) is 0.419. The topological polar surface area (TPSA) is 67.4 Å². The minimum absolute atomic E-state index is 0.0661. The fourth-order valence-corrected chi connectivity index (χ4v) is 3.14. The van der Waals surface area contributed by atoms with Crippen molar-refractivity contribution in [3.8, 4) is 5.75 Å². The van der Waals surface area contributed by atoms with Crippen molar-refractivity contribution < 1.29 is 14.3 Å². The van der Waals surface area contributed by atoms with Crippen molar-refractivity contribution in [1.29, 1.82) is 0 Å². The molecule has 0 unspecified atom stereocenters. The van der Waals surface area contributed by atoms with E-state index in [9.17, 15) is 9.59 Å². The summed E-state index contributed by atoms with van der Waals surface area (Å²) >= 11 is 0. The van der Waals surface area contributed by atoms with Gasteiger partial charge in [0.15, 0.2) is 0 Å². The molecule has 166 valence electrons. The van der Waals surface area contributed by atoms with Gasteiger partial charge in [-0.3, -0.25) is 9.59 Å². The highest BCUT2D eigenvalue weighted by molar-refractivity contribution is 6.05. The summed E-state index contributed by atoms with van der Waals surface area (Å²) in [7, 11) is 0. The van der Waals surface area contributed by atoms with Crippen LogP contribution < -0.4 is 15.4 Å². The highest BCUT2D eigenvalue weighted by atomic mass is 16.5. The molecule has 3 rings (SSSR count). The Hall–Kier alpha value is -3.60. The predicted molar refractivity (Wildman–Crippen MR) is 129 cm³/mol. The van der Waals surface area contributed by atoms with Crippen molar-refractivity contribution in [2.75, 3.05) is 17.2 Å². The number of rotatable bonds is 10. The van der Waals surface area contributed by atoms with Gasteiger partial charge in [0.1, 0.15) is 5.75 Å². The second-order valence-corrected chi connectivity index (χ2v) is 8.13. The van der Waals surface area contributed by atoms with E-state index in [0.29, 0.717) is 48.1 Å². The van der Waals surface area contributed by atoms with Crippen LogP contribution in [0.25, 0.3) is 0 Å². The average Bonchev–Trinajstić information content (AvgIpc) is 2.78. The molecule has 0 aliphatic carbocycles. The van der Waals surface area contributed by atoms with Gasteiger partial charge in [0.25, 0.3) is 5.91 Å². The molecule has 5 nitrogen and oxygen atoms in total. The Labute approximate surface area is 189 Å². The number of benzene rings is 3. The van der Waals surface area contributed by atoms with Crippen LogP contribution >= 0.6 is 0 Å². The highest BCUT2D eigenvalue weighted by Gasteiger charge is 2.09. The van der Waals surface area contributed by atoms with Crippen molar-refractivity contribution in [3.63, 3.8) is 0 Å². The molecule has 0 spiro atoms. The molecule has 0 saturated carbocycles. The first-order valence-electron chi connectivity index (χ1n) is 11.0. The van der Waals surface area contributed by atoms with Gasteiger partial charge in [0, 0.05) is 23.4 Å². The van der Waals surface area contributed by atoms with Crippen LogP contribution in [0.1, 0.15) is 42.6 Å². The highest BCUT2D eigenvalue weighted by Crippen LogP contribution is 2.19. The van der Waals surface area contributed by atoms with Crippen molar-refractivity contribution >= 4 is 23.2 Å². The van der Waals surface area contributed by atoms with E-state index in [1.54, 1.807) is 36.4 Å². The molecular formula is C27H30N2O3. The maximum Gasteiger partial charge on any atom is 0.255 e. The second-order valence-electron chi connectivity index (χ2n) is 8.13. The average molecular weight is 431 g/mol. The summed E-state index contributed by atoms with van der Waals surface area (Å²) in [6.45, 7) is 4.91. The van der Waals surface area contributed by atoms with Gasteiger partial charge in [-0.15, -0.1) is 0 Å². The van der Waals surface area contributed by atoms with E-state index in [4.69, 9.17) is 4.74 Å². The van der Waals surface area contributed by atoms with E-state index in [1.807, 2.05) is 42.5 Å². The number of hydrogen-bond acceptors (Lipinski definition) is 3. The summed E-state index contributed by atoms with van der Waals surface area (Å²) in [6, 6.07) is 24.2.